The summed E-state index contributed by atoms with van der Waals surface area (Å²) in [6.07, 6.45) is 1.43. The van der Waals surface area contributed by atoms with Gasteiger partial charge in [0.15, 0.2) is 0 Å². The van der Waals surface area contributed by atoms with Crippen LogP contribution in [0.25, 0.3) is 0 Å². The van der Waals surface area contributed by atoms with Crippen LogP contribution in [-0.2, 0) is 0 Å². The second kappa shape index (κ2) is 7.99. The Balaban J connectivity index is 0.00000200. The van der Waals surface area contributed by atoms with Gasteiger partial charge in [0.25, 0.3) is 0 Å². The van der Waals surface area contributed by atoms with E-state index in [4.69, 9.17) is 4.74 Å². The van der Waals surface area contributed by atoms with E-state index in [1.165, 1.54) is 6.21 Å². The Labute approximate surface area is 125 Å². The van der Waals surface area contributed by atoms with E-state index in [2.05, 4.69) is 17.0 Å². The quantitative estimate of drug-likeness (QED) is 0.468. The minimum atomic E-state index is -0.0610. The zero-order valence-electron chi connectivity index (χ0n) is 11.8. The Bertz CT molecular complexity index is 454. The van der Waals surface area contributed by atoms with Gasteiger partial charge in [-0.05, 0) is 31.3 Å². The molecule has 2 rings (SSSR count). The number of quaternary nitrogens is 1. The van der Waals surface area contributed by atoms with Crippen LogP contribution in [0.2, 0.25) is 0 Å². The largest absolute Gasteiger partial charge is 1.00 e. The minimum Gasteiger partial charge on any atom is -1.00 e. The van der Waals surface area contributed by atoms with Gasteiger partial charge in [-0.3, -0.25) is 9.69 Å². The number of carbonyl (C=O) groups is 1. The predicted molar refractivity (Wildman–Crippen MR) is 74.0 cm³/mol. The van der Waals surface area contributed by atoms with Crippen molar-refractivity contribution in [2.24, 2.45) is 5.10 Å². The van der Waals surface area contributed by atoms with E-state index >= 15 is 0 Å². The molecule has 20 heavy (non-hydrogen) atoms. The zero-order valence-corrected chi connectivity index (χ0v) is 12.6. The molecule has 0 amide bonds. The van der Waals surface area contributed by atoms with Crippen LogP contribution < -0.4 is 22.2 Å². The molecule has 1 aromatic carbocycles. The van der Waals surface area contributed by atoms with Crippen LogP contribution in [0.1, 0.15) is 10.4 Å². The second-order valence-corrected chi connectivity index (χ2v) is 4.72. The third-order valence-electron chi connectivity index (χ3n) is 3.30. The van der Waals surface area contributed by atoms with Crippen molar-refractivity contribution in [3.05, 3.63) is 29.8 Å². The topological polar surface area (TPSA) is 46.3 Å². The van der Waals surface area contributed by atoms with E-state index in [0.29, 0.717) is 5.56 Å². The predicted octanol–water partition coefficient (Wildman–Crippen LogP) is -3.30. The second-order valence-electron chi connectivity index (χ2n) is 4.72. The number of halogens is 1. The van der Waals surface area contributed by atoms with Crippen LogP contribution in [0.4, 0.5) is 0 Å². The maximum Gasteiger partial charge on any atom is 0.209 e. The van der Waals surface area contributed by atoms with E-state index in [-0.39, 0.29) is 18.2 Å². The molecule has 0 unspecified atom stereocenters. The first kappa shape index (κ1) is 16.6. The maximum absolute atomic E-state index is 11.9. The van der Waals surface area contributed by atoms with Crippen molar-refractivity contribution < 1.29 is 26.9 Å². The van der Waals surface area contributed by atoms with Crippen LogP contribution in [0.5, 0.6) is 5.75 Å². The van der Waals surface area contributed by atoms with Crippen molar-refractivity contribution in [1.29, 1.82) is 0 Å². The van der Waals surface area contributed by atoms with Gasteiger partial charge in [0.05, 0.1) is 7.11 Å². The highest BCUT2D eigenvalue weighted by atomic mass is 35.5. The lowest BCUT2D eigenvalue weighted by Gasteiger charge is -2.25. The number of nitrogens with zero attached hydrogens (tertiary/aromatic N) is 2. The van der Waals surface area contributed by atoms with Gasteiger partial charge in [0.2, 0.25) is 5.78 Å². The molecule has 0 spiro atoms. The average molecular weight is 298 g/mol. The number of hydrogen-bond acceptors (Lipinski definition) is 4. The smallest absolute Gasteiger partial charge is 0.209 e. The van der Waals surface area contributed by atoms with Crippen LogP contribution in [0.3, 0.4) is 0 Å². The lowest BCUT2D eigenvalue weighted by atomic mass is 10.1. The number of Topliss-reactive ketones (excluding diaryl/α,β-unsaturated/α-hetero) is 1. The van der Waals surface area contributed by atoms with E-state index in [1.807, 2.05) is 0 Å². The minimum absolute atomic E-state index is 0. The summed E-state index contributed by atoms with van der Waals surface area (Å²) in [7, 11) is 3.71. The molecule has 0 aromatic heterocycles. The van der Waals surface area contributed by atoms with E-state index in [0.717, 1.165) is 36.9 Å². The summed E-state index contributed by atoms with van der Waals surface area (Å²) in [5, 5.41) is 5.43. The van der Waals surface area contributed by atoms with E-state index in [1.54, 1.807) is 31.4 Å². The number of carbonyl (C=O) groups excluding carboxylic acids is 1. The number of methoxy groups -OCH3 is 1. The van der Waals surface area contributed by atoms with Crippen molar-refractivity contribution in [1.82, 2.24) is 4.90 Å². The van der Waals surface area contributed by atoms with Gasteiger partial charge in [-0.2, -0.15) is 0 Å². The zero-order chi connectivity index (χ0) is 13.7. The van der Waals surface area contributed by atoms with Crippen LogP contribution >= 0.6 is 0 Å². The van der Waals surface area contributed by atoms with Gasteiger partial charge < -0.3 is 17.1 Å². The summed E-state index contributed by atoms with van der Waals surface area (Å²) >= 11 is 0. The number of hydrogen-bond donors (Lipinski definition) is 1. The summed E-state index contributed by atoms with van der Waals surface area (Å²) < 4.78 is 5.06. The third-order valence-corrected chi connectivity index (χ3v) is 3.30. The maximum atomic E-state index is 11.9. The molecule has 1 fully saturated rings. The highest BCUT2D eigenvalue weighted by Crippen LogP contribution is 2.10. The molecule has 1 aromatic rings. The Kier molecular flexibility index (Phi) is 6.64. The summed E-state index contributed by atoms with van der Waals surface area (Å²) in [4.78, 5) is 14.2. The highest BCUT2D eigenvalue weighted by molar-refractivity contribution is 6.35. The van der Waals surface area contributed by atoms with Gasteiger partial charge in [-0.15, -0.1) is 0 Å². The molecule has 110 valence electrons. The monoisotopic (exact) mass is 297 g/mol. The van der Waals surface area contributed by atoms with Gasteiger partial charge in [-0.1, -0.05) is 5.10 Å². The summed E-state index contributed by atoms with van der Waals surface area (Å²) in [6, 6.07) is 7.08. The lowest BCUT2D eigenvalue weighted by Crippen LogP contribution is -3.10. The molecular weight excluding hydrogens is 278 g/mol. The molecule has 0 atom stereocenters. The fraction of sp³-hybridized carbons (Fsp3) is 0.429. The Morgan fingerprint density at radius 2 is 1.90 bits per heavy atom. The Morgan fingerprint density at radius 3 is 2.45 bits per heavy atom. The molecular formula is C14H20ClN3O2. The first-order valence-electron chi connectivity index (χ1n) is 6.45. The van der Waals surface area contributed by atoms with E-state index < -0.39 is 0 Å². The van der Waals surface area contributed by atoms with Crippen molar-refractivity contribution in [2.75, 3.05) is 40.3 Å². The standard InChI is InChI=1S/C14H19N3O2.ClH/c1-16-7-9-17(10-8-16)15-11-14(18)12-3-5-13(19-2)6-4-12;/h3-6,11H,7-10H2,1-2H3;1H/b15-11+;. The molecule has 1 aliphatic rings. The molecule has 1 aliphatic heterocycles. The molecule has 6 heteroatoms. The molecule has 1 heterocycles. The molecule has 1 N–H and O–H groups in total. The summed E-state index contributed by atoms with van der Waals surface area (Å²) in [5.41, 5.74) is 0.637. The van der Waals surface area contributed by atoms with Gasteiger partial charge in [0, 0.05) is 18.7 Å². The van der Waals surface area contributed by atoms with Crippen molar-refractivity contribution >= 4 is 12.0 Å². The number of rotatable bonds is 4. The number of likely N-dealkylation sites (N-methyl/N-ethyl adjacent to an activating group) is 1. The first-order valence-corrected chi connectivity index (χ1v) is 6.45. The fourth-order valence-electron chi connectivity index (χ4n) is 1.99. The van der Waals surface area contributed by atoms with E-state index in [9.17, 15) is 4.79 Å². The SMILES string of the molecule is COc1ccc(C(=O)/C=N/[NH+]2CCN(C)CC2)cc1.[Cl-]. The molecule has 1 saturated heterocycles. The summed E-state index contributed by atoms with van der Waals surface area (Å²) in [6.45, 7) is 3.93. The molecule has 0 aliphatic carbocycles. The van der Waals surface area contributed by atoms with Crippen molar-refractivity contribution in [3.63, 3.8) is 0 Å². The third kappa shape index (κ3) is 4.59. The first-order chi connectivity index (χ1) is 9.19. The fourth-order valence-corrected chi connectivity index (χ4v) is 1.99. The average Bonchev–Trinajstić information content (AvgIpc) is 2.46. The lowest BCUT2D eigenvalue weighted by molar-refractivity contribution is -0.910. The van der Waals surface area contributed by atoms with Gasteiger partial charge in [-0.25, -0.2) is 5.01 Å². The van der Waals surface area contributed by atoms with Gasteiger partial charge >= 0.3 is 0 Å². The number of benzene rings is 1. The normalized spacial score (nSPS) is 16.9. The van der Waals surface area contributed by atoms with Crippen LogP contribution in [0.15, 0.2) is 29.4 Å². The molecule has 0 radical (unpaired) electrons. The molecule has 0 bridgehead atoms. The number of piperazine rings is 1. The van der Waals surface area contributed by atoms with Crippen molar-refractivity contribution in [3.8, 4) is 5.75 Å². The number of nitrogens with one attached hydrogen (secondary N) is 1. The number of ketones is 1. The van der Waals surface area contributed by atoms with Crippen LogP contribution in [-0.4, -0.2) is 57.2 Å². The Morgan fingerprint density at radius 1 is 1.30 bits per heavy atom. The van der Waals surface area contributed by atoms with Gasteiger partial charge in [0.1, 0.15) is 25.1 Å². The molecule has 0 saturated carbocycles. The van der Waals surface area contributed by atoms with Crippen molar-refractivity contribution in [2.45, 2.75) is 0 Å². The number of ether oxygens (including phenoxy) is 1. The summed E-state index contributed by atoms with van der Waals surface area (Å²) in [5.74, 6) is 0.687. The highest BCUT2D eigenvalue weighted by Gasteiger charge is 2.16. The Hall–Kier alpha value is -1.43. The van der Waals surface area contributed by atoms with Crippen LogP contribution in [0, 0.1) is 0 Å². The molecule has 5 nitrogen and oxygen atoms in total.